The minimum absolute atomic E-state index is 0.159. The zero-order chi connectivity index (χ0) is 16.8. The zero-order valence-electron chi connectivity index (χ0n) is 12.1. The van der Waals surface area contributed by atoms with Gasteiger partial charge < -0.3 is 16.2 Å². The predicted octanol–water partition coefficient (Wildman–Crippen LogP) is 0.981. The first-order valence-corrected chi connectivity index (χ1v) is 7.28. The number of aromatic nitrogens is 1. The van der Waals surface area contributed by atoms with E-state index in [1.54, 1.807) is 42.5 Å². The second-order valence-electron chi connectivity index (χ2n) is 4.97. The van der Waals surface area contributed by atoms with Crippen LogP contribution in [0.4, 0.5) is 0 Å². The van der Waals surface area contributed by atoms with E-state index in [0.29, 0.717) is 16.3 Å². The van der Waals surface area contributed by atoms with E-state index in [4.69, 9.17) is 17.3 Å². The zero-order valence-corrected chi connectivity index (χ0v) is 12.9. The van der Waals surface area contributed by atoms with Crippen LogP contribution in [0.3, 0.4) is 0 Å². The number of benzene rings is 1. The lowest BCUT2D eigenvalue weighted by molar-refractivity contribution is -0.133. The van der Waals surface area contributed by atoms with Crippen LogP contribution >= 0.6 is 11.6 Å². The predicted molar refractivity (Wildman–Crippen MR) is 85.5 cm³/mol. The van der Waals surface area contributed by atoms with Crippen molar-refractivity contribution >= 4 is 23.4 Å². The van der Waals surface area contributed by atoms with Crippen LogP contribution in [0.2, 0.25) is 5.15 Å². The summed E-state index contributed by atoms with van der Waals surface area (Å²) in [5.74, 6) is -1.39. The standard InChI is InChI=1S/C16H16ClN3O3/c17-13-7-6-10(9-19-13)8-12(15(18)22)20-16(23)14(21)11-4-2-1-3-5-11/h1-7,9,12,14,21H,8H2,(H2,18,22)(H,20,23)/t12-,14-/m0/s1. The van der Waals surface area contributed by atoms with E-state index in [1.165, 1.54) is 6.20 Å². The first kappa shape index (κ1) is 16.9. The van der Waals surface area contributed by atoms with Crippen molar-refractivity contribution in [2.24, 2.45) is 5.73 Å². The quantitative estimate of drug-likeness (QED) is 0.685. The molecule has 0 bridgehead atoms. The van der Waals surface area contributed by atoms with Crippen LogP contribution in [0, 0.1) is 0 Å². The lowest BCUT2D eigenvalue weighted by atomic mass is 10.1. The maximum Gasteiger partial charge on any atom is 0.254 e. The summed E-state index contributed by atoms with van der Waals surface area (Å²) in [5.41, 5.74) is 6.44. The number of amides is 2. The van der Waals surface area contributed by atoms with Crippen molar-refractivity contribution in [2.45, 2.75) is 18.6 Å². The van der Waals surface area contributed by atoms with Crippen molar-refractivity contribution in [3.05, 3.63) is 64.9 Å². The topological polar surface area (TPSA) is 105 Å². The normalized spacial score (nSPS) is 13.1. The van der Waals surface area contributed by atoms with Crippen molar-refractivity contribution in [3.63, 3.8) is 0 Å². The summed E-state index contributed by atoms with van der Waals surface area (Å²) in [6.45, 7) is 0. The van der Waals surface area contributed by atoms with Gasteiger partial charge in [0.2, 0.25) is 5.91 Å². The number of hydrogen-bond acceptors (Lipinski definition) is 4. The monoisotopic (exact) mass is 333 g/mol. The molecule has 120 valence electrons. The van der Waals surface area contributed by atoms with Crippen molar-refractivity contribution < 1.29 is 14.7 Å². The Bertz CT molecular complexity index is 677. The summed E-state index contributed by atoms with van der Waals surface area (Å²) in [6, 6.07) is 10.7. The molecule has 2 atom stereocenters. The number of primary amides is 1. The molecule has 0 unspecified atom stereocenters. The van der Waals surface area contributed by atoms with E-state index in [2.05, 4.69) is 10.3 Å². The van der Waals surface area contributed by atoms with Gasteiger partial charge in [-0.2, -0.15) is 0 Å². The van der Waals surface area contributed by atoms with Gasteiger partial charge in [0.25, 0.3) is 5.91 Å². The van der Waals surface area contributed by atoms with Gasteiger partial charge in [0, 0.05) is 12.6 Å². The fourth-order valence-corrected chi connectivity index (χ4v) is 2.13. The number of nitrogens with one attached hydrogen (secondary N) is 1. The van der Waals surface area contributed by atoms with Crippen LogP contribution in [0.5, 0.6) is 0 Å². The number of carbonyl (C=O) groups excluding carboxylic acids is 2. The number of rotatable bonds is 6. The van der Waals surface area contributed by atoms with Gasteiger partial charge >= 0.3 is 0 Å². The Balaban J connectivity index is 2.05. The Morgan fingerprint density at radius 2 is 1.91 bits per heavy atom. The van der Waals surface area contributed by atoms with E-state index in [-0.39, 0.29) is 6.42 Å². The molecular formula is C16H16ClN3O3. The van der Waals surface area contributed by atoms with Gasteiger partial charge in [-0.1, -0.05) is 48.0 Å². The molecule has 0 fully saturated rings. The highest BCUT2D eigenvalue weighted by molar-refractivity contribution is 6.29. The van der Waals surface area contributed by atoms with E-state index in [0.717, 1.165) is 0 Å². The van der Waals surface area contributed by atoms with Gasteiger partial charge in [-0.3, -0.25) is 9.59 Å². The van der Waals surface area contributed by atoms with Gasteiger partial charge in [-0.15, -0.1) is 0 Å². The maximum absolute atomic E-state index is 12.1. The number of nitrogens with two attached hydrogens (primary N) is 1. The number of nitrogens with zero attached hydrogens (tertiary/aromatic N) is 1. The van der Waals surface area contributed by atoms with Crippen LogP contribution in [0.1, 0.15) is 17.2 Å². The van der Waals surface area contributed by atoms with Crippen molar-refractivity contribution in [1.82, 2.24) is 10.3 Å². The number of carbonyl (C=O) groups is 2. The number of hydrogen-bond donors (Lipinski definition) is 3. The van der Waals surface area contributed by atoms with Gasteiger partial charge in [0.1, 0.15) is 11.2 Å². The first-order chi connectivity index (χ1) is 11.0. The smallest absolute Gasteiger partial charge is 0.254 e. The second kappa shape index (κ2) is 7.71. The lowest BCUT2D eigenvalue weighted by Crippen LogP contribution is -2.47. The molecule has 0 saturated carbocycles. The average molecular weight is 334 g/mol. The third-order valence-electron chi connectivity index (χ3n) is 3.25. The highest BCUT2D eigenvalue weighted by Crippen LogP contribution is 2.13. The number of aliphatic hydroxyl groups is 1. The Morgan fingerprint density at radius 1 is 1.22 bits per heavy atom. The summed E-state index contributed by atoms with van der Waals surface area (Å²) >= 11 is 5.70. The summed E-state index contributed by atoms with van der Waals surface area (Å²) < 4.78 is 0. The largest absolute Gasteiger partial charge is 0.378 e. The van der Waals surface area contributed by atoms with Gasteiger partial charge in [-0.25, -0.2) is 4.98 Å². The van der Waals surface area contributed by atoms with E-state index < -0.39 is 24.0 Å². The first-order valence-electron chi connectivity index (χ1n) is 6.90. The molecule has 0 saturated heterocycles. The maximum atomic E-state index is 12.1. The number of aliphatic hydroxyl groups excluding tert-OH is 1. The Morgan fingerprint density at radius 3 is 2.48 bits per heavy atom. The number of halogens is 1. The van der Waals surface area contributed by atoms with Crippen LogP contribution < -0.4 is 11.1 Å². The molecule has 0 radical (unpaired) electrons. The highest BCUT2D eigenvalue weighted by atomic mass is 35.5. The molecule has 0 aliphatic carbocycles. The summed E-state index contributed by atoms with van der Waals surface area (Å²) in [5, 5.41) is 12.8. The minimum atomic E-state index is -1.37. The van der Waals surface area contributed by atoms with Crippen LogP contribution in [0.25, 0.3) is 0 Å². The molecule has 1 aromatic heterocycles. The fourth-order valence-electron chi connectivity index (χ4n) is 2.02. The molecule has 2 amide bonds. The van der Waals surface area contributed by atoms with E-state index in [9.17, 15) is 14.7 Å². The second-order valence-corrected chi connectivity index (χ2v) is 5.36. The lowest BCUT2D eigenvalue weighted by Gasteiger charge is -2.18. The molecule has 1 heterocycles. The van der Waals surface area contributed by atoms with Crippen LogP contribution in [-0.2, 0) is 16.0 Å². The molecule has 0 aliphatic heterocycles. The molecular weight excluding hydrogens is 318 g/mol. The molecule has 4 N–H and O–H groups in total. The van der Waals surface area contributed by atoms with Crippen LogP contribution in [-0.4, -0.2) is 27.9 Å². The molecule has 2 rings (SSSR count). The van der Waals surface area contributed by atoms with Gasteiger partial charge in [0.05, 0.1) is 0 Å². The average Bonchev–Trinajstić information content (AvgIpc) is 2.56. The molecule has 2 aromatic rings. The third kappa shape index (κ3) is 4.77. The summed E-state index contributed by atoms with van der Waals surface area (Å²) in [7, 11) is 0. The highest BCUT2D eigenvalue weighted by Gasteiger charge is 2.24. The Hall–Kier alpha value is -2.44. The molecule has 23 heavy (non-hydrogen) atoms. The molecule has 1 aromatic carbocycles. The van der Waals surface area contributed by atoms with E-state index in [1.807, 2.05) is 0 Å². The van der Waals surface area contributed by atoms with Crippen molar-refractivity contribution in [3.8, 4) is 0 Å². The fraction of sp³-hybridized carbons (Fsp3) is 0.188. The third-order valence-corrected chi connectivity index (χ3v) is 3.48. The van der Waals surface area contributed by atoms with Crippen LogP contribution in [0.15, 0.2) is 48.7 Å². The molecule has 0 spiro atoms. The Labute approximate surface area is 138 Å². The molecule has 6 nitrogen and oxygen atoms in total. The van der Waals surface area contributed by atoms with Crippen molar-refractivity contribution in [2.75, 3.05) is 0 Å². The molecule has 7 heteroatoms. The van der Waals surface area contributed by atoms with E-state index >= 15 is 0 Å². The minimum Gasteiger partial charge on any atom is -0.378 e. The summed E-state index contributed by atoms with van der Waals surface area (Å²) in [6.07, 6.45) is 0.284. The van der Waals surface area contributed by atoms with Crippen molar-refractivity contribution in [1.29, 1.82) is 0 Å². The molecule has 0 aliphatic rings. The Kier molecular flexibility index (Phi) is 5.67. The van der Waals surface area contributed by atoms with Gasteiger partial charge in [0.15, 0.2) is 6.10 Å². The summed E-state index contributed by atoms with van der Waals surface area (Å²) in [4.78, 5) is 27.5. The number of pyridine rings is 1. The SMILES string of the molecule is NC(=O)[C@H](Cc1ccc(Cl)nc1)NC(=O)[C@@H](O)c1ccccc1. The van der Waals surface area contributed by atoms with Gasteiger partial charge in [-0.05, 0) is 17.2 Å².